The number of halogens is 2. The van der Waals surface area contributed by atoms with Crippen LogP contribution in [0, 0.1) is 19.7 Å². The van der Waals surface area contributed by atoms with E-state index in [-0.39, 0.29) is 35.8 Å². The van der Waals surface area contributed by atoms with Crippen LogP contribution in [0.4, 0.5) is 4.39 Å². The maximum atomic E-state index is 13.4. The zero-order chi connectivity index (χ0) is 22.1. The Bertz CT molecular complexity index is 836. The van der Waals surface area contributed by atoms with Crippen molar-refractivity contribution in [3.8, 4) is 0 Å². The fraction of sp³-hybridized carbons (Fsp3) is 0.565. The zero-order valence-electron chi connectivity index (χ0n) is 19.3. The Morgan fingerprint density at radius 1 is 1.19 bits per heavy atom. The molecule has 178 valence electrons. The number of morpholine rings is 1. The quantitative estimate of drug-likeness (QED) is 0.214. The van der Waals surface area contributed by atoms with E-state index in [1.165, 1.54) is 17.8 Å². The lowest BCUT2D eigenvalue weighted by Crippen LogP contribution is -2.42. The van der Waals surface area contributed by atoms with E-state index >= 15 is 0 Å². The van der Waals surface area contributed by atoms with Crippen molar-refractivity contribution in [2.24, 2.45) is 4.99 Å². The molecular weight excluding hydrogens is 522 g/mol. The van der Waals surface area contributed by atoms with Gasteiger partial charge in [0.25, 0.3) is 0 Å². The van der Waals surface area contributed by atoms with Gasteiger partial charge in [-0.1, -0.05) is 12.1 Å². The summed E-state index contributed by atoms with van der Waals surface area (Å²) in [6, 6.07) is 8.96. The standard InChI is InChI=1S/C23H35FN6O.HI/c1-4-25-23(26-10-5-11-30-19(3)16-18(2)28-30)27-17-22(29-12-14-31-15-13-29)20-6-8-21(24)9-7-20;/h6-9,16,22H,4-5,10-15,17H2,1-3H3,(H2,25,26,27);1H. The summed E-state index contributed by atoms with van der Waals surface area (Å²) in [5, 5.41) is 11.3. The van der Waals surface area contributed by atoms with Crippen molar-refractivity contribution >= 4 is 29.9 Å². The highest BCUT2D eigenvalue weighted by atomic mass is 127. The molecule has 1 atom stereocenters. The first-order valence-electron chi connectivity index (χ1n) is 11.2. The summed E-state index contributed by atoms with van der Waals surface area (Å²) in [6.07, 6.45) is 0.956. The number of benzene rings is 1. The van der Waals surface area contributed by atoms with Gasteiger partial charge in [0.1, 0.15) is 5.82 Å². The molecule has 0 aliphatic carbocycles. The second-order valence-electron chi connectivity index (χ2n) is 7.87. The monoisotopic (exact) mass is 558 g/mol. The van der Waals surface area contributed by atoms with Crippen LogP contribution in [0.3, 0.4) is 0 Å². The lowest BCUT2D eigenvalue weighted by Gasteiger charge is -2.34. The van der Waals surface area contributed by atoms with E-state index in [0.29, 0.717) is 19.8 Å². The molecule has 0 saturated carbocycles. The molecule has 0 bridgehead atoms. The van der Waals surface area contributed by atoms with Crippen LogP contribution in [0.25, 0.3) is 0 Å². The molecule has 7 nitrogen and oxygen atoms in total. The third kappa shape index (κ3) is 8.00. The van der Waals surface area contributed by atoms with E-state index in [1.54, 1.807) is 0 Å². The molecule has 0 amide bonds. The Hall–Kier alpha value is -1.72. The largest absolute Gasteiger partial charge is 0.379 e. The molecule has 1 aromatic carbocycles. The number of aryl methyl sites for hydroxylation is 3. The summed E-state index contributed by atoms with van der Waals surface area (Å²) >= 11 is 0. The van der Waals surface area contributed by atoms with Crippen molar-refractivity contribution in [3.05, 3.63) is 53.1 Å². The van der Waals surface area contributed by atoms with Crippen LogP contribution in [-0.2, 0) is 11.3 Å². The van der Waals surface area contributed by atoms with E-state index in [4.69, 9.17) is 9.73 Å². The molecule has 1 aliphatic heterocycles. The molecular formula is C23H36FIN6O. The number of ether oxygens (including phenoxy) is 1. The molecule has 1 fully saturated rings. The average Bonchev–Trinajstić information content (AvgIpc) is 3.10. The molecule has 0 radical (unpaired) electrons. The number of hydrogen-bond acceptors (Lipinski definition) is 4. The first-order valence-corrected chi connectivity index (χ1v) is 11.2. The number of aromatic nitrogens is 2. The molecule has 9 heteroatoms. The van der Waals surface area contributed by atoms with Crippen LogP contribution in [0.2, 0.25) is 0 Å². The maximum absolute atomic E-state index is 13.4. The molecule has 2 aromatic rings. The normalized spacial score (nSPS) is 15.8. The van der Waals surface area contributed by atoms with Crippen LogP contribution in [0.1, 0.15) is 36.3 Å². The second-order valence-corrected chi connectivity index (χ2v) is 7.87. The molecule has 2 N–H and O–H groups in total. The predicted octanol–water partition coefficient (Wildman–Crippen LogP) is 3.28. The van der Waals surface area contributed by atoms with Crippen molar-refractivity contribution in [3.63, 3.8) is 0 Å². The Morgan fingerprint density at radius 3 is 2.53 bits per heavy atom. The highest BCUT2D eigenvalue weighted by Crippen LogP contribution is 2.22. The molecule has 1 saturated heterocycles. The van der Waals surface area contributed by atoms with Crippen LogP contribution in [0.15, 0.2) is 35.3 Å². The molecule has 1 aromatic heterocycles. The van der Waals surface area contributed by atoms with Gasteiger partial charge in [-0.2, -0.15) is 5.10 Å². The maximum Gasteiger partial charge on any atom is 0.191 e. The Labute approximate surface area is 207 Å². The predicted molar refractivity (Wildman–Crippen MR) is 137 cm³/mol. The van der Waals surface area contributed by atoms with Gasteiger partial charge in [0.15, 0.2) is 5.96 Å². The minimum Gasteiger partial charge on any atom is -0.379 e. The smallest absolute Gasteiger partial charge is 0.191 e. The molecule has 0 spiro atoms. The third-order valence-corrected chi connectivity index (χ3v) is 5.45. The minimum atomic E-state index is -0.217. The third-order valence-electron chi connectivity index (χ3n) is 5.45. The van der Waals surface area contributed by atoms with Gasteiger partial charge in [-0.05, 0) is 51.0 Å². The highest BCUT2D eigenvalue weighted by molar-refractivity contribution is 14.0. The summed E-state index contributed by atoms with van der Waals surface area (Å²) in [7, 11) is 0. The first kappa shape index (κ1) is 26.5. The summed E-state index contributed by atoms with van der Waals surface area (Å²) in [5.41, 5.74) is 3.31. The summed E-state index contributed by atoms with van der Waals surface area (Å²) in [5.74, 6) is 0.585. The van der Waals surface area contributed by atoms with Gasteiger partial charge in [-0.15, -0.1) is 24.0 Å². The van der Waals surface area contributed by atoms with Gasteiger partial charge in [0, 0.05) is 38.4 Å². The van der Waals surface area contributed by atoms with Gasteiger partial charge >= 0.3 is 0 Å². The van der Waals surface area contributed by atoms with Gasteiger partial charge in [-0.25, -0.2) is 4.39 Å². The van der Waals surface area contributed by atoms with Crippen molar-refractivity contribution in [2.45, 2.75) is 39.8 Å². The number of nitrogens with zero attached hydrogens (tertiary/aromatic N) is 4. The molecule has 1 unspecified atom stereocenters. The number of rotatable bonds is 9. The molecule has 32 heavy (non-hydrogen) atoms. The topological polar surface area (TPSA) is 66.7 Å². The van der Waals surface area contributed by atoms with Gasteiger partial charge in [0.05, 0.1) is 31.5 Å². The number of hydrogen-bond donors (Lipinski definition) is 2. The van der Waals surface area contributed by atoms with Gasteiger partial charge in [-0.3, -0.25) is 14.6 Å². The van der Waals surface area contributed by atoms with Crippen LogP contribution in [0.5, 0.6) is 0 Å². The van der Waals surface area contributed by atoms with Crippen LogP contribution < -0.4 is 10.6 Å². The first-order chi connectivity index (χ1) is 15.1. The Kier molecular flexibility index (Phi) is 11.4. The van der Waals surface area contributed by atoms with Crippen molar-refractivity contribution in [1.29, 1.82) is 0 Å². The van der Waals surface area contributed by atoms with E-state index in [0.717, 1.165) is 56.4 Å². The van der Waals surface area contributed by atoms with Crippen molar-refractivity contribution < 1.29 is 9.13 Å². The molecule has 1 aliphatic rings. The lowest BCUT2D eigenvalue weighted by molar-refractivity contribution is 0.0179. The van der Waals surface area contributed by atoms with Crippen LogP contribution in [-0.4, -0.2) is 66.6 Å². The van der Waals surface area contributed by atoms with Gasteiger partial charge < -0.3 is 15.4 Å². The second kappa shape index (κ2) is 13.7. The van der Waals surface area contributed by atoms with Crippen LogP contribution >= 0.6 is 24.0 Å². The fourth-order valence-corrected chi connectivity index (χ4v) is 3.86. The summed E-state index contributed by atoms with van der Waals surface area (Å²) < 4.78 is 21.0. The average molecular weight is 558 g/mol. The lowest BCUT2D eigenvalue weighted by atomic mass is 10.0. The van der Waals surface area contributed by atoms with Gasteiger partial charge in [0.2, 0.25) is 0 Å². The van der Waals surface area contributed by atoms with Crippen molar-refractivity contribution in [1.82, 2.24) is 25.3 Å². The SMILES string of the molecule is CCNC(=NCC(c1ccc(F)cc1)N1CCOCC1)NCCCn1nc(C)cc1C.I. The van der Waals surface area contributed by atoms with E-state index in [1.807, 2.05) is 23.7 Å². The fourth-order valence-electron chi connectivity index (χ4n) is 3.86. The number of nitrogens with one attached hydrogen (secondary N) is 2. The Morgan fingerprint density at radius 2 is 1.91 bits per heavy atom. The number of guanidine groups is 1. The zero-order valence-corrected chi connectivity index (χ0v) is 21.6. The van der Waals surface area contributed by atoms with E-state index in [2.05, 4.69) is 40.5 Å². The highest BCUT2D eigenvalue weighted by Gasteiger charge is 2.22. The van der Waals surface area contributed by atoms with E-state index < -0.39 is 0 Å². The summed E-state index contributed by atoms with van der Waals surface area (Å²) in [6.45, 7) is 12.4. The molecule has 2 heterocycles. The molecule has 3 rings (SSSR count). The number of aliphatic imine (C=N–C) groups is 1. The Balaban J connectivity index is 0.00000363. The summed E-state index contributed by atoms with van der Waals surface area (Å²) in [4.78, 5) is 7.22. The van der Waals surface area contributed by atoms with E-state index in [9.17, 15) is 4.39 Å². The minimum absolute atomic E-state index is 0. The van der Waals surface area contributed by atoms with Crippen molar-refractivity contribution in [2.75, 3.05) is 45.9 Å².